The number of nitrogens with zero attached hydrogens (tertiary/aromatic N) is 1. The summed E-state index contributed by atoms with van der Waals surface area (Å²) < 4.78 is 19.6. The number of hydrogen-bond acceptors (Lipinski definition) is 4. The molecular formula is C34H57NO3. The van der Waals surface area contributed by atoms with Gasteiger partial charge in [-0.25, -0.2) is 0 Å². The summed E-state index contributed by atoms with van der Waals surface area (Å²) in [4.78, 5) is 2.30. The van der Waals surface area contributed by atoms with E-state index in [2.05, 4.69) is 39.6 Å². The van der Waals surface area contributed by atoms with Gasteiger partial charge in [0, 0.05) is 24.1 Å². The fourth-order valence-corrected chi connectivity index (χ4v) is 6.89. The first kappa shape index (κ1) is 29.7. The minimum absolute atomic E-state index is 0.0301. The van der Waals surface area contributed by atoms with Gasteiger partial charge in [-0.15, -0.1) is 0 Å². The van der Waals surface area contributed by atoms with Gasteiger partial charge in [-0.05, 0) is 64.6 Å². The lowest BCUT2D eigenvalue weighted by Crippen LogP contribution is -2.55. The Hall–Kier alpha value is -1.26. The van der Waals surface area contributed by atoms with Crippen LogP contribution in [0.25, 0.3) is 0 Å². The lowest BCUT2D eigenvalue weighted by Gasteiger charge is -2.45. The van der Waals surface area contributed by atoms with Crippen LogP contribution in [0.3, 0.4) is 0 Å². The number of hydrogen-bond donors (Lipinski definition) is 0. The number of unbranched alkanes of at least 4 members (excludes halogenated alkanes) is 13. The van der Waals surface area contributed by atoms with Crippen molar-refractivity contribution in [3.8, 4) is 11.5 Å². The number of rotatable bonds is 15. The normalized spacial score (nSPS) is 24.8. The molecule has 3 heterocycles. The standard InChI is InChI=1S/C34H57NO3/c1-6-7-8-9-10-11-12-13-14-15-16-17-18-19-21-34(4)22-20-28-29-25-30-33(35(5)23-24-36-30)37-31(29)26(2)27(3)32(28)38-34/h30,33H,6-25H2,1-5H3/t30-,33+,34?/m1/s1. The van der Waals surface area contributed by atoms with E-state index in [0.717, 1.165) is 50.3 Å². The van der Waals surface area contributed by atoms with Crippen LogP contribution in [0.2, 0.25) is 0 Å². The van der Waals surface area contributed by atoms with Gasteiger partial charge in [-0.2, -0.15) is 0 Å². The molecule has 0 N–H and O–H groups in total. The first-order valence-electron chi connectivity index (χ1n) is 16.3. The maximum absolute atomic E-state index is 6.86. The summed E-state index contributed by atoms with van der Waals surface area (Å²) >= 11 is 0. The van der Waals surface area contributed by atoms with Gasteiger partial charge < -0.3 is 14.2 Å². The van der Waals surface area contributed by atoms with Crippen LogP contribution >= 0.6 is 0 Å². The fraction of sp³-hybridized carbons (Fsp3) is 0.824. The maximum Gasteiger partial charge on any atom is 0.179 e. The third kappa shape index (κ3) is 7.47. The highest BCUT2D eigenvalue weighted by Gasteiger charge is 2.41. The van der Waals surface area contributed by atoms with Crippen LogP contribution < -0.4 is 9.47 Å². The van der Waals surface area contributed by atoms with E-state index in [-0.39, 0.29) is 17.9 Å². The number of fused-ring (bicyclic) bond motifs is 4. The highest BCUT2D eigenvalue weighted by Crippen LogP contribution is 2.48. The molecule has 1 aromatic carbocycles. The minimum Gasteiger partial charge on any atom is -0.487 e. The Morgan fingerprint density at radius 1 is 0.789 bits per heavy atom. The number of benzene rings is 1. The Bertz CT molecular complexity index is 883. The van der Waals surface area contributed by atoms with E-state index in [0.29, 0.717) is 0 Å². The van der Waals surface area contributed by atoms with Crippen LogP contribution in [0.15, 0.2) is 0 Å². The maximum atomic E-state index is 6.86. The van der Waals surface area contributed by atoms with E-state index in [4.69, 9.17) is 14.2 Å². The van der Waals surface area contributed by atoms with Crippen molar-refractivity contribution in [2.75, 3.05) is 20.2 Å². The van der Waals surface area contributed by atoms with Crippen molar-refractivity contribution in [1.29, 1.82) is 0 Å². The van der Waals surface area contributed by atoms with Crippen molar-refractivity contribution in [1.82, 2.24) is 4.90 Å². The summed E-state index contributed by atoms with van der Waals surface area (Å²) in [6.07, 6.45) is 24.1. The molecule has 0 bridgehead atoms. The fourth-order valence-electron chi connectivity index (χ4n) is 6.89. The van der Waals surface area contributed by atoms with E-state index >= 15 is 0 Å². The predicted molar refractivity (Wildman–Crippen MR) is 159 cm³/mol. The zero-order chi connectivity index (χ0) is 27.0. The first-order chi connectivity index (χ1) is 18.4. The molecule has 0 spiro atoms. The number of likely N-dealkylation sites (N-methyl/N-ethyl adjacent to an activating group) is 1. The minimum atomic E-state index is -0.0464. The third-order valence-electron chi connectivity index (χ3n) is 9.64. The largest absolute Gasteiger partial charge is 0.487 e. The van der Waals surface area contributed by atoms with Crippen molar-refractivity contribution in [2.24, 2.45) is 0 Å². The summed E-state index contributed by atoms with van der Waals surface area (Å²) in [6, 6.07) is 0. The molecule has 4 nitrogen and oxygen atoms in total. The smallest absolute Gasteiger partial charge is 0.179 e. The Morgan fingerprint density at radius 3 is 2.00 bits per heavy atom. The lowest BCUT2D eigenvalue weighted by molar-refractivity contribution is -0.142. The zero-order valence-corrected chi connectivity index (χ0v) is 25.5. The van der Waals surface area contributed by atoms with Crippen LogP contribution in [0.1, 0.15) is 139 Å². The second-order valence-electron chi connectivity index (χ2n) is 12.9. The molecule has 1 unspecified atom stereocenters. The molecular weight excluding hydrogens is 470 g/mol. The SMILES string of the molecule is CCCCCCCCCCCCCCCCC1(C)CCc2c3c(c(C)c(C)c2O1)O[C@H]1[C@@H](C3)OCCN1C. The van der Waals surface area contributed by atoms with Crippen molar-refractivity contribution in [3.05, 3.63) is 22.3 Å². The molecule has 0 saturated carbocycles. The summed E-state index contributed by atoms with van der Waals surface area (Å²) in [7, 11) is 2.15. The zero-order valence-electron chi connectivity index (χ0n) is 25.5. The third-order valence-corrected chi connectivity index (χ3v) is 9.64. The molecule has 216 valence electrons. The monoisotopic (exact) mass is 527 g/mol. The van der Waals surface area contributed by atoms with Gasteiger partial charge in [0.2, 0.25) is 0 Å². The van der Waals surface area contributed by atoms with E-state index in [1.54, 1.807) is 0 Å². The predicted octanol–water partition coefficient (Wildman–Crippen LogP) is 8.85. The van der Waals surface area contributed by atoms with Crippen molar-refractivity contribution in [2.45, 2.75) is 161 Å². The van der Waals surface area contributed by atoms with Crippen LogP contribution in [0.5, 0.6) is 11.5 Å². The van der Waals surface area contributed by atoms with Gasteiger partial charge >= 0.3 is 0 Å². The van der Waals surface area contributed by atoms with Crippen molar-refractivity contribution >= 4 is 0 Å². The number of morpholine rings is 1. The molecule has 1 aromatic rings. The molecule has 4 rings (SSSR count). The Morgan fingerprint density at radius 2 is 1.37 bits per heavy atom. The summed E-state index contributed by atoms with van der Waals surface area (Å²) in [5.41, 5.74) is 5.20. The Labute approximate surface area is 234 Å². The van der Waals surface area contributed by atoms with Gasteiger partial charge in [0.25, 0.3) is 0 Å². The average molecular weight is 528 g/mol. The molecule has 0 amide bonds. The molecule has 0 aromatic heterocycles. The second kappa shape index (κ2) is 14.4. The van der Waals surface area contributed by atoms with Gasteiger partial charge in [0.1, 0.15) is 23.2 Å². The molecule has 0 aliphatic carbocycles. The highest BCUT2D eigenvalue weighted by molar-refractivity contribution is 5.60. The quantitative estimate of drug-likeness (QED) is 0.213. The van der Waals surface area contributed by atoms with Crippen LogP contribution in [0, 0.1) is 13.8 Å². The van der Waals surface area contributed by atoms with Gasteiger partial charge in [-0.3, -0.25) is 4.90 Å². The van der Waals surface area contributed by atoms with E-state index < -0.39 is 0 Å². The average Bonchev–Trinajstić information content (AvgIpc) is 2.91. The topological polar surface area (TPSA) is 30.9 Å². The Kier molecular flexibility index (Phi) is 11.3. The van der Waals surface area contributed by atoms with Crippen LogP contribution in [0.4, 0.5) is 0 Å². The van der Waals surface area contributed by atoms with Crippen molar-refractivity contribution < 1.29 is 14.2 Å². The van der Waals surface area contributed by atoms with Crippen molar-refractivity contribution in [3.63, 3.8) is 0 Å². The molecule has 3 atom stereocenters. The van der Waals surface area contributed by atoms with Gasteiger partial charge in [0.15, 0.2) is 6.23 Å². The Balaban J connectivity index is 1.18. The van der Waals surface area contributed by atoms with E-state index in [9.17, 15) is 0 Å². The summed E-state index contributed by atoms with van der Waals surface area (Å²) in [6.45, 7) is 10.8. The molecule has 1 fully saturated rings. The van der Waals surface area contributed by atoms with Gasteiger partial charge in [-0.1, -0.05) is 90.4 Å². The molecule has 0 radical (unpaired) electrons. The molecule has 1 saturated heterocycles. The molecule has 38 heavy (non-hydrogen) atoms. The summed E-state index contributed by atoms with van der Waals surface area (Å²) in [5.74, 6) is 2.24. The number of ether oxygens (including phenoxy) is 3. The highest BCUT2D eigenvalue weighted by atomic mass is 16.6. The van der Waals surface area contributed by atoms with Gasteiger partial charge in [0.05, 0.1) is 6.61 Å². The second-order valence-corrected chi connectivity index (χ2v) is 12.9. The first-order valence-corrected chi connectivity index (χ1v) is 16.3. The molecule has 3 aliphatic heterocycles. The summed E-state index contributed by atoms with van der Waals surface area (Å²) in [5, 5.41) is 0. The molecule has 4 heteroatoms. The van der Waals surface area contributed by atoms with E-state index in [1.165, 1.54) is 112 Å². The van der Waals surface area contributed by atoms with Crippen LogP contribution in [-0.4, -0.2) is 43.0 Å². The molecule has 3 aliphatic rings. The van der Waals surface area contributed by atoms with Crippen LogP contribution in [-0.2, 0) is 17.6 Å². The lowest BCUT2D eigenvalue weighted by atomic mass is 9.82. The van der Waals surface area contributed by atoms with E-state index in [1.807, 2.05) is 0 Å².